The molecule has 0 aliphatic heterocycles. The maximum Gasteiger partial charge on any atom is 0.270 e. The second-order valence-electron chi connectivity index (χ2n) is 7.40. The molecule has 1 aliphatic carbocycles. The van der Waals surface area contributed by atoms with Gasteiger partial charge in [-0.3, -0.25) is 25.4 Å². The van der Waals surface area contributed by atoms with Crippen molar-refractivity contribution in [1.29, 1.82) is 0 Å². The molecule has 2 aromatic heterocycles. The van der Waals surface area contributed by atoms with E-state index in [1.54, 1.807) is 0 Å². The predicted molar refractivity (Wildman–Crippen MR) is 113 cm³/mol. The van der Waals surface area contributed by atoms with Crippen molar-refractivity contribution in [2.24, 2.45) is 0 Å². The largest absolute Gasteiger partial charge is 0.271 e. The molecule has 0 saturated heterocycles. The molecule has 31 heavy (non-hydrogen) atoms. The normalized spacial score (nSPS) is 13.2. The molecule has 1 aliphatic rings. The summed E-state index contributed by atoms with van der Waals surface area (Å²) in [6, 6.07) is 18.6. The van der Waals surface area contributed by atoms with Crippen molar-refractivity contribution in [3.05, 3.63) is 71.9 Å². The minimum absolute atomic E-state index is 0.176. The van der Waals surface area contributed by atoms with Gasteiger partial charge < -0.3 is 0 Å². The van der Waals surface area contributed by atoms with Gasteiger partial charge in [0.2, 0.25) is 5.82 Å². The van der Waals surface area contributed by atoms with Crippen molar-refractivity contribution < 1.29 is 9.59 Å². The predicted octanol–water partition coefficient (Wildman–Crippen LogP) is 2.23. The Bertz CT molecular complexity index is 1270. The number of nitrogens with zero attached hydrogens (tertiary/aromatic N) is 5. The number of fused-ring (bicyclic) bond motifs is 1. The molecule has 0 unspecified atom stereocenters. The van der Waals surface area contributed by atoms with Crippen molar-refractivity contribution in [3.63, 3.8) is 0 Å². The highest BCUT2D eigenvalue weighted by Gasteiger charge is 2.27. The van der Waals surface area contributed by atoms with Gasteiger partial charge in [0.25, 0.3) is 11.8 Å². The summed E-state index contributed by atoms with van der Waals surface area (Å²) in [5.74, 6) is -0.0345. The zero-order valence-corrected chi connectivity index (χ0v) is 16.5. The van der Waals surface area contributed by atoms with E-state index in [1.165, 1.54) is 4.80 Å². The topological polar surface area (TPSA) is 115 Å². The molecule has 5 rings (SSSR count). The molecule has 1 saturated carbocycles. The highest BCUT2D eigenvalue weighted by atomic mass is 16.2. The van der Waals surface area contributed by atoms with Crippen LogP contribution in [0, 0.1) is 0 Å². The number of hydrogen-bond donors (Lipinski definition) is 2. The van der Waals surface area contributed by atoms with Crippen LogP contribution in [0.25, 0.3) is 22.3 Å². The van der Waals surface area contributed by atoms with Gasteiger partial charge in [0.1, 0.15) is 6.54 Å². The van der Waals surface area contributed by atoms with Crippen molar-refractivity contribution in [1.82, 2.24) is 36.0 Å². The molecule has 2 amide bonds. The van der Waals surface area contributed by atoms with Crippen LogP contribution in [-0.2, 0) is 11.3 Å². The van der Waals surface area contributed by atoms with E-state index in [0.29, 0.717) is 17.3 Å². The number of hydrazine groups is 1. The monoisotopic (exact) mass is 413 g/mol. The highest BCUT2D eigenvalue weighted by molar-refractivity contribution is 6.06. The van der Waals surface area contributed by atoms with Gasteiger partial charge in [-0.25, -0.2) is 0 Å². The number of aromatic nitrogens is 5. The van der Waals surface area contributed by atoms with Gasteiger partial charge >= 0.3 is 0 Å². The molecular weight excluding hydrogens is 394 g/mol. The van der Waals surface area contributed by atoms with E-state index in [-0.39, 0.29) is 6.54 Å². The Labute approximate surface area is 177 Å². The number of benzene rings is 2. The number of pyridine rings is 1. The number of amides is 2. The van der Waals surface area contributed by atoms with Crippen molar-refractivity contribution >= 4 is 22.7 Å². The van der Waals surface area contributed by atoms with Gasteiger partial charge in [0, 0.05) is 22.6 Å². The van der Waals surface area contributed by atoms with Crippen LogP contribution in [0.4, 0.5) is 0 Å². The molecule has 0 spiro atoms. The number of carbonyl (C=O) groups excluding carboxylic acids is 2. The fourth-order valence-corrected chi connectivity index (χ4v) is 3.35. The second-order valence-corrected chi connectivity index (χ2v) is 7.40. The number of para-hydroxylation sites is 1. The maximum absolute atomic E-state index is 12.8. The zero-order chi connectivity index (χ0) is 21.2. The average molecular weight is 413 g/mol. The summed E-state index contributed by atoms with van der Waals surface area (Å²) in [6.07, 6.45) is 2.16. The average Bonchev–Trinajstić information content (AvgIpc) is 3.56. The minimum Gasteiger partial charge on any atom is -0.271 e. The number of rotatable bonds is 5. The van der Waals surface area contributed by atoms with Gasteiger partial charge in [0.05, 0.1) is 11.1 Å². The van der Waals surface area contributed by atoms with E-state index in [0.717, 1.165) is 35.0 Å². The summed E-state index contributed by atoms with van der Waals surface area (Å²) >= 11 is 0. The lowest BCUT2D eigenvalue weighted by atomic mass is 10.1. The SMILES string of the molecule is O=C(Cn1nnc(-c2ccccc2)n1)NNC(=O)c1cc(C2CC2)nc2ccccc12. The van der Waals surface area contributed by atoms with E-state index >= 15 is 0 Å². The fraction of sp³-hybridized carbons (Fsp3) is 0.182. The molecule has 4 aromatic rings. The third kappa shape index (κ3) is 4.11. The Morgan fingerprint density at radius 3 is 2.58 bits per heavy atom. The molecule has 154 valence electrons. The van der Waals surface area contributed by atoms with Crippen LogP contribution in [0.5, 0.6) is 0 Å². The Balaban J connectivity index is 1.26. The quantitative estimate of drug-likeness (QED) is 0.485. The van der Waals surface area contributed by atoms with Crippen LogP contribution in [-0.4, -0.2) is 37.0 Å². The van der Waals surface area contributed by atoms with Gasteiger partial charge in [0.15, 0.2) is 0 Å². The van der Waals surface area contributed by atoms with Gasteiger partial charge in [-0.15, -0.1) is 10.2 Å². The molecule has 2 heterocycles. The fourth-order valence-electron chi connectivity index (χ4n) is 3.35. The van der Waals surface area contributed by atoms with Gasteiger partial charge in [-0.05, 0) is 30.2 Å². The van der Waals surface area contributed by atoms with E-state index in [2.05, 4.69) is 31.2 Å². The first-order valence-electron chi connectivity index (χ1n) is 9.99. The molecule has 9 heteroatoms. The van der Waals surface area contributed by atoms with Gasteiger partial charge in [-0.2, -0.15) is 4.80 Å². The zero-order valence-electron chi connectivity index (χ0n) is 16.5. The van der Waals surface area contributed by atoms with E-state index in [4.69, 9.17) is 0 Å². The van der Waals surface area contributed by atoms with Crippen molar-refractivity contribution in [3.8, 4) is 11.4 Å². The number of carbonyl (C=O) groups is 2. The van der Waals surface area contributed by atoms with E-state index < -0.39 is 11.8 Å². The van der Waals surface area contributed by atoms with Crippen LogP contribution in [0.3, 0.4) is 0 Å². The molecule has 0 atom stereocenters. The van der Waals surface area contributed by atoms with Crippen LogP contribution in [0.15, 0.2) is 60.7 Å². The molecule has 1 fully saturated rings. The third-order valence-electron chi connectivity index (χ3n) is 5.06. The number of hydrogen-bond acceptors (Lipinski definition) is 6. The van der Waals surface area contributed by atoms with Crippen molar-refractivity contribution in [2.75, 3.05) is 0 Å². The van der Waals surface area contributed by atoms with Crippen LogP contribution < -0.4 is 10.9 Å². The lowest BCUT2D eigenvalue weighted by Crippen LogP contribution is -2.43. The van der Waals surface area contributed by atoms with Crippen molar-refractivity contribution in [2.45, 2.75) is 25.3 Å². The standard InChI is InChI=1S/C22H19N7O2/c30-20(13-29-27-21(25-28-29)15-6-2-1-3-7-15)24-26-22(31)17-12-19(14-10-11-14)23-18-9-5-4-8-16(17)18/h1-9,12,14H,10-11,13H2,(H,24,30)(H,26,31). The molecule has 0 radical (unpaired) electrons. The first-order chi connectivity index (χ1) is 15.2. The molecule has 2 aromatic carbocycles. The molecule has 9 nitrogen and oxygen atoms in total. The van der Waals surface area contributed by atoms with E-state index in [1.807, 2.05) is 60.7 Å². The Hall–Kier alpha value is -4.14. The summed E-state index contributed by atoms with van der Waals surface area (Å²) in [5.41, 5.74) is 7.87. The summed E-state index contributed by atoms with van der Waals surface area (Å²) < 4.78 is 0. The first kappa shape index (κ1) is 18.9. The number of tetrazole rings is 1. The van der Waals surface area contributed by atoms with E-state index in [9.17, 15) is 9.59 Å². The molecule has 2 N–H and O–H groups in total. The Kier molecular flexibility index (Phi) is 4.83. The molecule has 0 bridgehead atoms. The lowest BCUT2D eigenvalue weighted by molar-refractivity contribution is -0.122. The second kappa shape index (κ2) is 7.94. The summed E-state index contributed by atoms with van der Waals surface area (Å²) in [4.78, 5) is 30.9. The lowest BCUT2D eigenvalue weighted by Gasteiger charge is -2.11. The molecular formula is C22H19N7O2. The number of nitrogens with one attached hydrogen (secondary N) is 2. The summed E-state index contributed by atoms with van der Waals surface area (Å²) in [5, 5.41) is 12.8. The van der Waals surface area contributed by atoms with Crippen LogP contribution in [0.1, 0.15) is 34.8 Å². The van der Waals surface area contributed by atoms with Crippen LogP contribution in [0.2, 0.25) is 0 Å². The highest BCUT2D eigenvalue weighted by Crippen LogP contribution is 2.40. The smallest absolute Gasteiger partial charge is 0.270 e. The minimum atomic E-state index is -0.467. The maximum atomic E-state index is 12.8. The van der Waals surface area contributed by atoms with Gasteiger partial charge in [-0.1, -0.05) is 48.5 Å². The summed E-state index contributed by atoms with van der Waals surface area (Å²) in [7, 11) is 0. The summed E-state index contributed by atoms with van der Waals surface area (Å²) in [6.45, 7) is -0.176. The first-order valence-corrected chi connectivity index (χ1v) is 9.99. The third-order valence-corrected chi connectivity index (χ3v) is 5.06. The Morgan fingerprint density at radius 2 is 1.77 bits per heavy atom. The Morgan fingerprint density at radius 1 is 1.00 bits per heavy atom. The van der Waals surface area contributed by atoms with Crippen LogP contribution >= 0.6 is 0 Å².